The van der Waals surface area contributed by atoms with Gasteiger partial charge >= 0.3 is 5.97 Å². The molecule has 8 heteroatoms. The Morgan fingerprint density at radius 3 is 2.55 bits per heavy atom. The fourth-order valence-corrected chi connectivity index (χ4v) is 3.22. The molecule has 3 rings (SSSR count). The predicted molar refractivity (Wildman–Crippen MR) is 105 cm³/mol. The molecular formula is C21H16F2N2O3S. The van der Waals surface area contributed by atoms with Crippen molar-refractivity contribution in [3.05, 3.63) is 84.1 Å². The van der Waals surface area contributed by atoms with E-state index in [1.807, 2.05) is 30.3 Å². The van der Waals surface area contributed by atoms with Crippen molar-refractivity contribution in [2.24, 2.45) is 0 Å². The van der Waals surface area contributed by atoms with Gasteiger partial charge in [0.2, 0.25) is 0 Å². The summed E-state index contributed by atoms with van der Waals surface area (Å²) >= 11 is 1.29. The zero-order valence-electron chi connectivity index (χ0n) is 15.3. The first-order valence-corrected chi connectivity index (χ1v) is 9.40. The lowest BCUT2D eigenvalue weighted by Gasteiger charge is -2.15. The Kier molecular flexibility index (Phi) is 6.56. The molecule has 148 valence electrons. The second-order valence-corrected chi connectivity index (χ2v) is 6.99. The van der Waals surface area contributed by atoms with Crippen molar-refractivity contribution in [1.82, 2.24) is 4.98 Å². The number of esters is 1. The molecule has 1 unspecified atom stereocenters. The lowest BCUT2D eigenvalue weighted by atomic mass is 10.2. The van der Waals surface area contributed by atoms with Crippen LogP contribution in [0.25, 0.3) is 0 Å². The van der Waals surface area contributed by atoms with Crippen LogP contribution in [-0.2, 0) is 9.53 Å². The van der Waals surface area contributed by atoms with E-state index in [1.54, 1.807) is 18.3 Å². The fourth-order valence-electron chi connectivity index (χ4n) is 2.33. The van der Waals surface area contributed by atoms with E-state index in [4.69, 9.17) is 4.74 Å². The summed E-state index contributed by atoms with van der Waals surface area (Å²) in [6.07, 6.45) is 0.344. The van der Waals surface area contributed by atoms with Gasteiger partial charge in [-0.2, -0.15) is 0 Å². The molecule has 5 nitrogen and oxygen atoms in total. The number of aromatic nitrogens is 1. The normalized spacial score (nSPS) is 11.6. The molecule has 0 radical (unpaired) electrons. The maximum Gasteiger partial charge on any atom is 0.341 e. The molecule has 0 saturated heterocycles. The number of hydrogen-bond acceptors (Lipinski definition) is 5. The number of amides is 1. The Morgan fingerprint density at radius 2 is 1.83 bits per heavy atom. The first kappa shape index (κ1) is 20.5. The van der Waals surface area contributed by atoms with Crippen LogP contribution in [-0.4, -0.2) is 23.0 Å². The topological polar surface area (TPSA) is 68.3 Å². The van der Waals surface area contributed by atoms with Gasteiger partial charge in [-0.1, -0.05) is 30.0 Å². The number of carbonyl (C=O) groups excluding carboxylic acids is 2. The van der Waals surface area contributed by atoms with Gasteiger partial charge in [-0.25, -0.2) is 18.6 Å². The minimum absolute atomic E-state index is 0.203. The van der Waals surface area contributed by atoms with Crippen molar-refractivity contribution in [1.29, 1.82) is 0 Å². The van der Waals surface area contributed by atoms with E-state index in [-0.39, 0.29) is 11.3 Å². The third kappa shape index (κ3) is 5.39. The van der Waals surface area contributed by atoms with Gasteiger partial charge in [0, 0.05) is 17.2 Å². The molecule has 1 amide bonds. The molecular weight excluding hydrogens is 398 g/mol. The molecule has 0 saturated carbocycles. The molecule has 0 bridgehead atoms. The van der Waals surface area contributed by atoms with Crippen molar-refractivity contribution in [3.8, 4) is 0 Å². The summed E-state index contributed by atoms with van der Waals surface area (Å²) in [5.41, 5.74) is -0.00466. The lowest BCUT2D eigenvalue weighted by Crippen LogP contribution is -2.30. The highest BCUT2D eigenvalue weighted by Crippen LogP contribution is 2.29. The van der Waals surface area contributed by atoms with E-state index < -0.39 is 29.6 Å². The summed E-state index contributed by atoms with van der Waals surface area (Å²) in [7, 11) is 0. The van der Waals surface area contributed by atoms with E-state index in [1.165, 1.54) is 18.7 Å². The number of rotatable bonds is 6. The van der Waals surface area contributed by atoms with Gasteiger partial charge in [0.05, 0.1) is 11.3 Å². The summed E-state index contributed by atoms with van der Waals surface area (Å²) in [5.74, 6) is -3.17. The predicted octanol–water partition coefficient (Wildman–Crippen LogP) is 4.70. The highest BCUT2D eigenvalue weighted by atomic mass is 32.2. The molecule has 2 aromatic carbocycles. The molecule has 0 aliphatic heterocycles. The first-order chi connectivity index (χ1) is 13.9. The zero-order valence-corrected chi connectivity index (χ0v) is 16.1. The SMILES string of the molecule is CC(OC(=O)c1cccnc1Sc1ccccc1)C(=O)Nc1ccc(F)cc1F. The van der Waals surface area contributed by atoms with Crippen molar-refractivity contribution < 1.29 is 23.1 Å². The van der Waals surface area contributed by atoms with Crippen molar-refractivity contribution >= 4 is 29.3 Å². The third-order valence-corrected chi connectivity index (χ3v) is 4.82. The van der Waals surface area contributed by atoms with E-state index in [0.717, 1.165) is 17.0 Å². The van der Waals surface area contributed by atoms with Gasteiger partial charge in [0.1, 0.15) is 16.7 Å². The van der Waals surface area contributed by atoms with Gasteiger partial charge in [0.15, 0.2) is 6.10 Å². The maximum atomic E-state index is 13.7. The van der Waals surface area contributed by atoms with Crippen LogP contribution in [0.3, 0.4) is 0 Å². The van der Waals surface area contributed by atoms with Gasteiger partial charge in [-0.05, 0) is 43.3 Å². The number of benzene rings is 2. The summed E-state index contributed by atoms with van der Waals surface area (Å²) < 4.78 is 31.9. The number of halogens is 2. The smallest absolute Gasteiger partial charge is 0.341 e. The Bertz CT molecular complexity index is 1030. The molecule has 1 aromatic heterocycles. The first-order valence-electron chi connectivity index (χ1n) is 8.59. The molecule has 1 heterocycles. The number of pyridine rings is 1. The number of nitrogens with zero attached hydrogens (tertiary/aromatic N) is 1. The van der Waals surface area contributed by atoms with E-state index >= 15 is 0 Å². The number of nitrogens with one attached hydrogen (secondary N) is 1. The van der Waals surface area contributed by atoms with E-state index in [2.05, 4.69) is 10.3 Å². The van der Waals surface area contributed by atoms with Crippen LogP contribution in [0.5, 0.6) is 0 Å². The van der Waals surface area contributed by atoms with Crippen LogP contribution in [0.1, 0.15) is 17.3 Å². The molecule has 1 atom stereocenters. The van der Waals surface area contributed by atoms with Crippen LogP contribution in [0.4, 0.5) is 14.5 Å². The van der Waals surface area contributed by atoms with Crippen molar-refractivity contribution in [2.75, 3.05) is 5.32 Å². The Labute approximate surface area is 170 Å². The molecule has 0 aliphatic carbocycles. The van der Waals surface area contributed by atoms with Crippen LogP contribution < -0.4 is 5.32 Å². The summed E-state index contributed by atoms with van der Waals surface area (Å²) in [6.45, 7) is 1.36. The van der Waals surface area contributed by atoms with E-state index in [0.29, 0.717) is 11.1 Å². The molecule has 0 aliphatic rings. The highest BCUT2D eigenvalue weighted by Gasteiger charge is 2.22. The van der Waals surface area contributed by atoms with Crippen LogP contribution >= 0.6 is 11.8 Å². The molecule has 0 spiro atoms. The Hall–Kier alpha value is -3.26. The Balaban J connectivity index is 1.69. The standard InChI is InChI=1S/C21H16F2N2O3S/c1-13(19(26)25-18-10-9-14(22)12-17(18)23)28-21(27)16-8-5-11-24-20(16)29-15-6-3-2-4-7-15/h2-13H,1H3,(H,25,26). The van der Waals surface area contributed by atoms with E-state index in [9.17, 15) is 18.4 Å². The fraction of sp³-hybridized carbons (Fsp3) is 0.0952. The second kappa shape index (κ2) is 9.29. The lowest BCUT2D eigenvalue weighted by molar-refractivity contribution is -0.123. The molecule has 3 aromatic rings. The highest BCUT2D eigenvalue weighted by molar-refractivity contribution is 7.99. The number of ether oxygens (including phenoxy) is 1. The Morgan fingerprint density at radius 1 is 1.07 bits per heavy atom. The molecule has 0 fully saturated rings. The monoisotopic (exact) mass is 414 g/mol. The van der Waals surface area contributed by atoms with Gasteiger partial charge in [0.25, 0.3) is 5.91 Å². The summed E-state index contributed by atoms with van der Waals surface area (Å²) in [5, 5.41) is 2.70. The average Bonchev–Trinajstić information content (AvgIpc) is 2.71. The number of carbonyl (C=O) groups is 2. The minimum Gasteiger partial charge on any atom is -0.449 e. The quantitative estimate of drug-likeness (QED) is 0.593. The molecule has 29 heavy (non-hydrogen) atoms. The van der Waals surface area contributed by atoms with Crippen LogP contribution in [0, 0.1) is 11.6 Å². The summed E-state index contributed by atoms with van der Waals surface area (Å²) in [4.78, 5) is 29.9. The van der Waals surface area contributed by atoms with Crippen LogP contribution in [0.2, 0.25) is 0 Å². The summed E-state index contributed by atoms with van der Waals surface area (Å²) in [6, 6.07) is 15.2. The van der Waals surface area contributed by atoms with Gasteiger partial charge < -0.3 is 10.1 Å². The van der Waals surface area contributed by atoms with Crippen molar-refractivity contribution in [3.63, 3.8) is 0 Å². The number of hydrogen-bond donors (Lipinski definition) is 1. The van der Waals surface area contributed by atoms with Gasteiger partial charge in [-0.15, -0.1) is 0 Å². The van der Waals surface area contributed by atoms with Crippen molar-refractivity contribution in [2.45, 2.75) is 22.9 Å². The van der Waals surface area contributed by atoms with Crippen LogP contribution in [0.15, 0.2) is 76.8 Å². The zero-order chi connectivity index (χ0) is 20.8. The largest absolute Gasteiger partial charge is 0.449 e. The maximum absolute atomic E-state index is 13.7. The second-order valence-electron chi connectivity index (χ2n) is 5.93. The number of anilines is 1. The van der Waals surface area contributed by atoms with Gasteiger partial charge in [-0.3, -0.25) is 4.79 Å². The third-order valence-electron chi connectivity index (χ3n) is 3.79. The minimum atomic E-state index is -1.21. The average molecular weight is 414 g/mol. The molecule has 1 N–H and O–H groups in total.